The normalized spacial score (nSPS) is 17.1. The zero-order chi connectivity index (χ0) is 29.2. The van der Waals surface area contributed by atoms with Gasteiger partial charge in [0.05, 0.1) is 5.54 Å². The summed E-state index contributed by atoms with van der Waals surface area (Å²) in [6.45, 7) is 4.75. The van der Waals surface area contributed by atoms with Gasteiger partial charge < -0.3 is 20.4 Å². The summed E-state index contributed by atoms with van der Waals surface area (Å²) in [7, 11) is 1.58. The largest absolute Gasteiger partial charge is 0.482 e. The van der Waals surface area contributed by atoms with E-state index in [0.717, 1.165) is 6.20 Å². The lowest BCUT2D eigenvalue weighted by Crippen LogP contribution is -2.42. The number of carbonyl (C=O) groups is 2. The molecule has 11 heteroatoms. The lowest BCUT2D eigenvalue weighted by atomic mass is 10.0. The number of rotatable bonds is 6. The van der Waals surface area contributed by atoms with Gasteiger partial charge in [-0.1, -0.05) is 42.5 Å². The molecule has 1 atom stereocenters. The third-order valence-electron chi connectivity index (χ3n) is 6.50. The van der Waals surface area contributed by atoms with Gasteiger partial charge in [-0.2, -0.15) is 0 Å². The Labute approximate surface area is 229 Å². The first-order valence-corrected chi connectivity index (χ1v) is 12.5. The highest BCUT2D eigenvalue weighted by atomic mass is 19.1. The second-order valence-electron chi connectivity index (χ2n) is 10.1. The number of amides is 2. The topological polar surface area (TPSA) is 92.7 Å². The van der Waals surface area contributed by atoms with Crippen molar-refractivity contribution in [2.75, 3.05) is 12.5 Å². The molecule has 40 heavy (non-hydrogen) atoms. The summed E-state index contributed by atoms with van der Waals surface area (Å²) in [6, 6.07) is 9.58. The Kier molecular flexibility index (Phi) is 8.03. The number of hydrogen-bond acceptors (Lipinski definition) is 5. The quantitative estimate of drug-likeness (QED) is 0.447. The molecule has 2 heterocycles. The highest BCUT2D eigenvalue weighted by molar-refractivity contribution is 5.99. The van der Waals surface area contributed by atoms with E-state index in [4.69, 9.17) is 4.74 Å². The minimum Gasteiger partial charge on any atom is -0.482 e. The van der Waals surface area contributed by atoms with Crippen LogP contribution in [0.4, 0.5) is 13.2 Å². The maximum Gasteiger partial charge on any atom is 0.276 e. The Morgan fingerprint density at radius 3 is 2.40 bits per heavy atom. The van der Waals surface area contributed by atoms with Crippen LogP contribution in [0, 0.1) is 17.5 Å². The average molecular weight is 555 g/mol. The third kappa shape index (κ3) is 6.03. The second kappa shape index (κ2) is 11.3. The fourth-order valence-corrected chi connectivity index (χ4v) is 4.12. The van der Waals surface area contributed by atoms with Crippen molar-refractivity contribution in [3.63, 3.8) is 0 Å². The molecule has 8 nitrogen and oxygen atoms in total. The van der Waals surface area contributed by atoms with Gasteiger partial charge in [-0.25, -0.2) is 13.2 Å². The van der Waals surface area contributed by atoms with Gasteiger partial charge in [0.25, 0.3) is 11.8 Å². The van der Waals surface area contributed by atoms with Crippen LogP contribution in [0.2, 0.25) is 0 Å². The molecule has 0 spiro atoms. The van der Waals surface area contributed by atoms with Crippen molar-refractivity contribution in [1.29, 1.82) is 0 Å². The number of hydrogen-bond donors (Lipinski definition) is 2. The van der Waals surface area contributed by atoms with Gasteiger partial charge in [0, 0.05) is 43.5 Å². The van der Waals surface area contributed by atoms with Crippen molar-refractivity contribution < 1.29 is 27.5 Å². The third-order valence-corrected chi connectivity index (χ3v) is 6.50. The Hall–Kier alpha value is -4.54. The Morgan fingerprint density at radius 1 is 1.10 bits per heavy atom. The summed E-state index contributed by atoms with van der Waals surface area (Å²) in [4.78, 5) is 41.9. The van der Waals surface area contributed by atoms with E-state index in [1.54, 1.807) is 31.3 Å². The van der Waals surface area contributed by atoms with Crippen molar-refractivity contribution in [3.8, 4) is 5.75 Å². The Morgan fingerprint density at radius 2 is 1.75 bits per heavy atom. The number of benzene rings is 2. The van der Waals surface area contributed by atoms with Crippen molar-refractivity contribution in [1.82, 2.24) is 14.9 Å². The van der Waals surface area contributed by atoms with Crippen LogP contribution in [-0.4, -0.2) is 40.0 Å². The number of likely N-dealkylation sites (N-methyl/N-ethyl adjacent to an activating group) is 1. The van der Waals surface area contributed by atoms with Crippen LogP contribution < -0.4 is 20.9 Å². The van der Waals surface area contributed by atoms with E-state index in [-0.39, 0.29) is 24.1 Å². The van der Waals surface area contributed by atoms with E-state index in [2.05, 4.69) is 10.7 Å². The molecular weight excluding hydrogens is 525 g/mol. The standard InChI is InChI=1S/C29H29F3N4O4/c1-17-10-11-29(2,3)34-36-15-21(27(38)33-14-20-22(31)12-19(30)13-23(20)32)25(37)26(24(36)28(39)35(17)4)40-16-18-8-6-5-7-9-18/h5-13,15,17,34H,14,16H2,1-4H3,(H,33,38)/b11-10-/t17-/m0/s1. The maximum atomic E-state index is 14.1. The number of carbonyl (C=O) groups excluding carboxylic acids is 2. The van der Waals surface area contributed by atoms with Gasteiger partial charge in [-0.3, -0.25) is 19.1 Å². The lowest BCUT2D eigenvalue weighted by molar-refractivity contribution is 0.0752. The molecule has 210 valence electrons. The van der Waals surface area contributed by atoms with Crippen molar-refractivity contribution in [2.45, 2.75) is 45.5 Å². The molecule has 0 unspecified atom stereocenters. The minimum atomic E-state index is -1.19. The molecule has 1 aliphatic heterocycles. The number of nitrogens with one attached hydrogen (secondary N) is 2. The number of nitrogens with zero attached hydrogens (tertiary/aromatic N) is 2. The average Bonchev–Trinajstić information content (AvgIpc) is 2.92. The SMILES string of the molecule is C[C@H]1/C=C\C(C)(C)Nn2cc(C(=O)NCc3c(F)cc(F)cc3F)c(=O)c(OCc3ccccc3)c2C(=O)N1C. The van der Waals surface area contributed by atoms with Crippen LogP contribution >= 0.6 is 0 Å². The fourth-order valence-electron chi connectivity index (χ4n) is 4.12. The van der Waals surface area contributed by atoms with Crippen LogP contribution in [-0.2, 0) is 13.2 Å². The molecule has 1 aliphatic rings. The summed E-state index contributed by atoms with van der Waals surface area (Å²) in [5.41, 5.74) is 1.07. The van der Waals surface area contributed by atoms with Gasteiger partial charge in [0.15, 0.2) is 11.4 Å². The first kappa shape index (κ1) is 28.5. The Balaban J connectivity index is 1.81. The monoisotopic (exact) mass is 554 g/mol. The maximum absolute atomic E-state index is 14.1. The predicted molar refractivity (Wildman–Crippen MR) is 143 cm³/mol. The van der Waals surface area contributed by atoms with Crippen LogP contribution in [0.3, 0.4) is 0 Å². The molecule has 2 N–H and O–H groups in total. The molecule has 0 fully saturated rings. The molecule has 0 bridgehead atoms. The summed E-state index contributed by atoms with van der Waals surface area (Å²) in [5.74, 6) is -5.36. The number of halogens is 3. The highest BCUT2D eigenvalue weighted by Gasteiger charge is 2.32. The van der Waals surface area contributed by atoms with Gasteiger partial charge in [0.1, 0.15) is 29.6 Å². The van der Waals surface area contributed by atoms with Crippen molar-refractivity contribution in [3.05, 3.63) is 111 Å². The van der Waals surface area contributed by atoms with E-state index < -0.39 is 57.9 Å². The number of fused-ring (bicyclic) bond motifs is 1. The zero-order valence-electron chi connectivity index (χ0n) is 22.4. The van der Waals surface area contributed by atoms with Gasteiger partial charge >= 0.3 is 0 Å². The first-order valence-electron chi connectivity index (χ1n) is 12.5. The molecule has 0 aliphatic carbocycles. The van der Waals surface area contributed by atoms with E-state index >= 15 is 0 Å². The van der Waals surface area contributed by atoms with Crippen LogP contribution in [0.1, 0.15) is 52.7 Å². The van der Waals surface area contributed by atoms with Crippen molar-refractivity contribution >= 4 is 11.8 Å². The summed E-state index contributed by atoms with van der Waals surface area (Å²) < 4.78 is 48.7. The molecule has 0 saturated carbocycles. The summed E-state index contributed by atoms with van der Waals surface area (Å²) in [6.07, 6.45) is 4.83. The fraction of sp³-hybridized carbons (Fsp3) is 0.276. The van der Waals surface area contributed by atoms with E-state index in [0.29, 0.717) is 17.7 Å². The summed E-state index contributed by atoms with van der Waals surface area (Å²) >= 11 is 0. The Bertz CT molecular complexity index is 1510. The second-order valence-corrected chi connectivity index (χ2v) is 10.1. The summed E-state index contributed by atoms with van der Waals surface area (Å²) in [5, 5.41) is 2.31. The van der Waals surface area contributed by atoms with Crippen molar-refractivity contribution in [2.24, 2.45) is 0 Å². The molecule has 2 amide bonds. The van der Waals surface area contributed by atoms with Gasteiger partial charge in [-0.05, 0) is 26.3 Å². The van der Waals surface area contributed by atoms with Crippen LogP contribution in [0.25, 0.3) is 0 Å². The number of ether oxygens (including phenoxy) is 1. The first-order chi connectivity index (χ1) is 18.9. The lowest BCUT2D eigenvalue weighted by Gasteiger charge is -2.28. The molecule has 0 saturated heterocycles. The molecule has 1 aromatic heterocycles. The molecular formula is C29H29F3N4O4. The smallest absolute Gasteiger partial charge is 0.276 e. The van der Waals surface area contributed by atoms with E-state index in [9.17, 15) is 27.6 Å². The van der Waals surface area contributed by atoms with Crippen LogP contribution in [0.5, 0.6) is 5.75 Å². The van der Waals surface area contributed by atoms with Crippen LogP contribution in [0.15, 0.2) is 65.6 Å². The molecule has 3 aromatic rings. The van der Waals surface area contributed by atoms with Gasteiger partial charge in [0.2, 0.25) is 5.43 Å². The molecule has 0 radical (unpaired) electrons. The molecule has 4 rings (SSSR count). The molecule has 2 aromatic carbocycles. The van der Waals surface area contributed by atoms with E-state index in [1.165, 1.54) is 9.58 Å². The predicted octanol–water partition coefficient (Wildman–Crippen LogP) is 4.13. The number of pyridine rings is 1. The minimum absolute atomic E-state index is 0.0751. The highest BCUT2D eigenvalue weighted by Crippen LogP contribution is 2.23. The van der Waals surface area contributed by atoms with Gasteiger partial charge in [-0.15, -0.1) is 0 Å². The van der Waals surface area contributed by atoms with E-state index in [1.807, 2.05) is 39.0 Å². The zero-order valence-corrected chi connectivity index (χ0v) is 22.4. The number of aromatic nitrogens is 1.